The van der Waals surface area contributed by atoms with Gasteiger partial charge in [-0.05, 0) is 65.3 Å². The average Bonchev–Trinajstić information content (AvgIpc) is 3.92. The molecule has 1 radical (unpaired) electrons. The first-order valence-electron chi connectivity index (χ1n) is 24.8. The van der Waals surface area contributed by atoms with Gasteiger partial charge in [0.05, 0.1) is 28.6 Å². The number of hydrogen-bond donors (Lipinski definition) is 0. The number of pyridine rings is 2. The number of imidazole rings is 1. The largest absolute Gasteiger partial charge is 0 e. The second-order valence-electron chi connectivity index (χ2n) is 19.8. The van der Waals surface area contributed by atoms with Crippen LogP contribution < -0.4 is 4.40 Å². The van der Waals surface area contributed by atoms with Crippen LogP contribution in [0.25, 0.3) is 72.4 Å². The van der Waals surface area contributed by atoms with Crippen LogP contribution in [0.2, 0.25) is 17.3 Å². The van der Waals surface area contributed by atoms with Crippen LogP contribution in [0.15, 0.2) is 156 Å². The molecule has 4 heterocycles. The van der Waals surface area contributed by atoms with Gasteiger partial charge >= 0.3 is 165 Å². The van der Waals surface area contributed by atoms with Crippen molar-refractivity contribution in [3.05, 3.63) is 198 Å². The summed E-state index contributed by atoms with van der Waals surface area (Å²) in [6, 6.07) is 54.1. The van der Waals surface area contributed by atoms with Crippen molar-refractivity contribution >= 4 is 50.6 Å². The van der Waals surface area contributed by atoms with Gasteiger partial charge in [-0.15, -0.1) is 18.2 Å². The first-order valence-corrected chi connectivity index (χ1v) is 30.7. The van der Waals surface area contributed by atoms with Crippen molar-refractivity contribution in [2.75, 3.05) is 0 Å². The Balaban J connectivity index is 0.000000200. The van der Waals surface area contributed by atoms with Crippen LogP contribution in [0, 0.1) is 25.9 Å². The molecule has 10 rings (SSSR count). The van der Waals surface area contributed by atoms with Gasteiger partial charge < -0.3 is 8.98 Å². The second kappa shape index (κ2) is 19.6. The van der Waals surface area contributed by atoms with E-state index >= 15 is 0 Å². The van der Waals surface area contributed by atoms with Crippen LogP contribution in [-0.2, 0) is 25.5 Å². The van der Waals surface area contributed by atoms with Crippen molar-refractivity contribution < 1.29 is 28.6 Å². The third-order valence-electron chi connectivity index (χ3n) is 13.0. The number of benzene rings is 6. The van der Waals surface area contributed by atoms with E-state index in [4.69, 9.17) is 23.5 Å². The van der Waals surface area contributed by atoms with E-state index in [1.807, 2.05) is 49.6 Å². The standard InChI is InChI=1S/C37H32N3O.C24H28GeN.Ir/c1-22(2)30-19-26(25-12-7-6-8-13-25)20-31(23(3)4)35(30)40-33-21-38-24(5)18-32(33)39-37(40)29-16-11-15-28-27-14-9-10-17-34(27)41-36(28)29;1-18-12-14-19(15-13-18)23-16-21(22(17-26-23)25(4,5)6)24(2,3)20-10-8-7-9-11-20;/h6-15,17-23H,1-5H3;7-14,16-17H,1-6H3;/q2*-1;/i;1D3;. The van der Waals surface area contributed by atoms with Gasteiger partial charge in [0.1, 0.15) is 5.58 Å². The summed E-state index contributed by atoms with van der Waals surface area (Å²) in [7, 11) is 0. The molecule has 6 aromatic carbocycles. The summed E-state index contributed by atoms with van der Waals surface area (Å²) >= 11 is -2.18. The Kier molecular flexibility index (Phi) is 12.8. The maximum atomic E-state index is 7.56. The van der Waals surface area contributed by atoms with E-state index in [9.17, 15) is 0 Å². The minimum Gasteiger partial charge on any atom is 0 e. The first kappa shape index (κ1) is 44.6. The van der Waals surface area contributed by atoms with Crippen molar-refractivity contribution in [2.45, 2.75) is 89.8 Å². The summed E-state index contributed by atoms with van der Waals surface area (Å²) in [5.74, 6) is 8.53. The summed E-state index contributed by atoms with van der Waals surface area (Å²) < 4.78 is 32.9. The van der Waals surface area contributed by atoms with E-state index in [0.29, 0.717) is 5.56 Å². The molecule has 0 unspecified atom stereocenters. The molecule has 0 amide bonds. The topological polar surface area (TPSA) is 56.7 Å². The number of aromatic nitrogens is 4. The Labute approximate surface area is 423 Å². The maximum absolute atomic E-state index is 7.56. The predicted octanol–water partition coefficient (Wildman–Crippen LogP) is 15.7. The molecule has 0 fully saturated rings. The summed E-state index contributed by atoms with van der Waals surface area (Å²) in [5, 5.41) is 2.16. The van der Waals surface area contributed by atoms with Gasteiger partial charge in [-0.3, -0.25) is 9.97 Å². The van der Waals surface area contributed by atoms with Gasteiger partial charge in [-0.25, -0.2) is 0 Å². The van der Waals surface area contributed by atoms with E-state index in [1.54, 1.807) is 12.1 Å². The van der Waals surface area contributed by atoms with E-state index in [-0.39, 0.29) is 37.4 Å². The number of furan rings is 1. The molecule has 5 nitrogen and oxygen atoms in total. The maximum Gasteiger partial charge on any atom is 0 e. The predicted molar refractivity (Wildman–Crippen MR) is 284 cm³/mol. The molecular formula is C61H60GeIrN4O-2. The molecule has 0 aliphatic rings. The van der Waals surface area contributed by atoms with Crippen molar-refractivity contribution in [2.24, 2.45) is 0 Å². The Morgan fingerprint density at radius 3 is 2.04 bits per heavy atom. The summed E-state index contributed by atoms with van der Waals surface area (Å²) in [4.78, 5) is 14.7. The SMILES string of the molecule is Cc1cc2nc(-c3[c-]ccc4c3oc3ccccc34)n(-c3c(C(C)C)cc(-c4ccccc4)cc3C(C)C)c2cn1.[2H]C([2H])([2H])c1c[c-]c(-c2cc(C(C)(C)c3ccccc3)[c]([Ge]([CH3])([CH3])[CH3])cn2)cc1.[Ir]. The first-order chi connectivity index (χ1) is 33.3. The van der Waals surface area contributed by atoms with Crippen molar-refractivity contribution in [3.63, 3.8) is 0 Å². The third-order valence-corrected chi connectivity index (χ3v) is 17.2. The van der Waals surface area contributed by atoms with Gasteiger partial charge in [-0.1, -0.05) is 87.2 Å². The molecule has 0 N–H and O–H groups in total. The molecule has 0 atom stereocenters. The molecule has 0 aliphatic carbocycles. The Morgan fingerprint density at radius 2 is 1.40 bits per heavy atom. The van der Waals surface area contributed by atoms with E-state index in [2.05, 4.69) is 173 Å². The van der Waals surface area contributed by atoms with Crippen molar-refractivity contribution in [3.8, 4) is 39.5 Å². The van der Waals surface area contributed by atoms with Crippen molar-refractivity contribution in [1.82, 2.24) is 19.5 Å². The monoisotopic (exact) mass is 1130 g/mol. The summed E-state index contributed by atoms with van der Waals surface area (Å²) in [5.41, 5.74) is 15.8. The minimum atomic E-state index is -2.18. The van der Waals surface area contributed by atoms with Crippen LogP contribution in [0.5, 0.6) is 0 Å². The Hall–Kier alpha value is -5.92. The van der Waals surface area contributed by atoms with E-state index < -0.39 is 20.1 Å². The number of rotatable bonds is 9. The smallest absolute Gasteiger partial charge is 0 e. The molecule has 0 saturated carbocycles. The van der Waals surface area contributed by atoms with E-state index in [0.717, 1.165) is 61.3 Å². The summed E-state index contributed by atoms with van der Waals surface area (Å²) in [6.07, 6.45) is 4.00. The number of hydrogen-bond acceptors (Lipinski definition) is 4. The number of para-hydroxylation sites is 1. The molecule has 10 aromatic rings. The number of fused-ring (bicyclic) bond motifs is 4. The van der Waals surface area contributed by atoms with Crippen molar-refractivity contribution in [1.29, 1.82) is 0 Å². The van der Waals surface area contributed by atoms with Gasteiger partial charge in [0, 0.05) is 36.9 Å². The van der Waals surface area contributed by atoms with E-state index in [1.165, 1.54) is 43.5 Å². The second-order valence-corrected chi connectivity index (χ2v) is 30.4. The Morgan fingerprint density at radius 1 is 0.721 bits per heavy atom. The molecule has 0 saturated heterocycles. The number of aryl methyl sites for hydroxylation is 2. The number of nitrogens with zero attached hydrogens (tertiary/aromatic N) is 4. The minimum absolute atomic E-state index is 0. The fourth-order valence-electron chi connectivity index (χ4n) is 9.26. The summed E-state index contributed by atoms with van der Waals surface area (Å²) in [6.45, 7) is 13.5. The molecule has 345 valence electrons. The van der Waals surface area contributed by atoms with Gasteiger partial charge in [-0.2, -0.15) is 0 Å². The molecule has 0 bridgehead atoms. The van der Waals surface area contributed by atoms with Crippen LogP contribution in [0.1, 0.15) is 91.0 Å². The van der Waals surface area contributed by atoms with Crippen LogP contribution >= 0.6 is 0 Å². The van der Waals surface area contributed by atoms with Crippen LogP contribution in [0.3, 0.4) is 0 Å². The van der Waals surface area contributed by atoms with Gasteiger partial charge in [0.2, 0.25) is 0 Å². The molecule has 7 heteroatoms. The van der Waals surface area contributed by atoms with Crippen LogP contribution in [0.4, 0.5) is 0 Å². The Bertz CT molecular complexity index is 3470. The zero-order chi connectivity index (χ0) is 49.7. The fourth-order valence-corrected chi connectivity index (χ4v) is 12.7. The molecule has 0 aliphatic heterocycles. The normalized spacial score (nSPS) is 12.7. The molecule has 68 heavy (non-hydrogen) atoms. The van der Waals surface area contributed by atoms with Gasteiger partial charge in [0.25, 0.3) is 0 Å². The zero-order valence-electron chi connectivity index (χ0n) is 43.6. The zero-order valence-corrected chi connectivity index (χ0v) is 45.1. The molecular weight excluding hydrogens is 1070 g/mol. The van der Waals surface area contributed by atoms with Gasteiger partial charge in [0.15, 0.2) is 0 Å². The fraction of sp³-hybridized carbons (Fsp3) is 0.230. The average molecular weight is 1130 g/mol. The molecule has 4 aromatic heterocycles. The third kappa shape index (κ3) is 9.44. The quantitative estimate of drug-likeness (QED) is 0.107. The van der Waals surface area contributed by atoms with Crippen LogP contribution in [-0.4, -0.2) is 32.8 Å². The molecule has 0 spiro atoms.